The molecule has 2 aliphatic rings. The molecule has 0 aromatic heterocycles. The molecule has 7 heteroatoms. The molecule has 3 rings (SSSR count). The van der Waals surface area contributed by atoms with E-state index in [1.54, 1.807) is 0 Å². The molecule has 6 nitrogen and oxygen atoms in total. The lowest BCUT2D eigenvalue weighted by atomic mass is 9.91. The minimum absolute atomic E-state index is 0.0349. The zero-order chi connectivity index (χ0) is 17.9. The first-order chi connectivity index (χ1) is 11.9. The zero-order valence-corrected chi connectivity index (χ0v) is 15.5. The summed E-state index contributed by atoms with van der Waals surface area (Å²) in [6.45, 7) is 3.04. The number of nitrogens with one attached hydrogen (secondary N) is 2. The molecule has 25 heavy (non-hydrogen) atoms. The van der Waals surface area contributed by atoms with Crippen molar-refractivity contribution in [3.8, 4) is 0 Å². The third kappa shape index (κ3) is 4.80. The van der Waals surface area contributed by atoms with Crippen molar-refractivity contribution in [1.82, 2.24) is 14.9 Å². The molecule has 2 saturated heterocycles. The summed E-state index contributed by atoms with van der Waals surface area (Å²) in [5, 5.41) is 6.45. The van der Waals surface area contributed by atoms with Crippen molar-refractivity contribution < 1.29 is 13.2 Å². The van der Waals surface area contributed by atoms with Gasteiger partial charge in [0.2, 0.25) is 10.0 Å². The summed E-state index contributed by atoms with van der Waals surface area (Å²) >= 11 is 0. The summed E-state index contributed by atoms with van der Waals surface area (Å²) in [5.41, 5.74) is 1.95. The second kappa shape index (κ2) is 7.85. The zero-order valence-electron chi connectivity index (χ0n) is 14.7. The lowest BCUT2D eigenvalue weighted by Gasteiger charge is -2.30. The molecule has 138 valence electrons. The predicted molar refractivity (Wildman–Crippen MR) is 98.2 cm³/mol. The average Bonchev–Trinajstić information content (AvgIpc) is 2.62. The number of sulfonamides is 1. The summed E-state index contributed by atoms with van der Waals surface area (Å²) < 4.78 is 24.5. The smallest absolute Gasteiger partial charge is 0.251 e. The molecule has 0 bridgehead atoms. The van der Waals surface area contributed by atoms with Crippen LogP contribution in [0.4, 0.5) is 0 Å². The molecule has 1 amide bonds. The summed E-state index contributed by atoms with van der Waals surface area (Å²) in [4.78, 5) is 12.4. The van der Waals surface area contributed by atoms with Gasteiger partial charge in [-0.15, -0.1) is 0 Å². The molecule has 0 radical (unpaired) electrons. The van der Waals surface area contributed by atoms with Crippen molar-refractivity contribution in [3.63, 3.8) is 0 Å². The number of piperidine rings is 2. The number of carbonyl (C=O) groups excluding carboxylic acids is 1. The Morgan fingerprint density at radius 2 is 1.84 bits per heavy atom. The fourth-order valence-corrected chi connectivity index (χ4v) is 4.52. The molecule has 1 atom stereocenters. The Morgan fingerprint density at radius 3 is 2.40 bits per heavy atom. The maximum atomic E-state index is 12.4. The number of hydrogen-bond donors (Lipinski definition) is 2. The fourth-order valence-electron chi connectivity index (χ4n) is 3.64. The van der Waals surface area contributed by atoms with Gasteiger partial charge in [0, 0.05) is 31.2 Å². The Bertz CT molecular complexity index is 689. The standard InChI is InChI=1S/C18H27N3O3S/c1-25(23,24)21-11-8-17(9-12-21)20-18(22)15-6-4-14(5-7-15)16-3-2-10-19-13-16/h4-7,16-17,19H,2-3,8-13H2,1H3,(H,20,22)/t16-/m0/s1. The van der Waals surface area contributed by atoms with E-state index in [4.69, 9.17) is 0 Å². The molecule has 2 aliphatic heterocycles. The van der Waals surface area contributed by atoms with E-state index in [0.29, 0.717) is 37.4 Å². The molecule has 0 saturated carbocycles. The highest BCUT2D eigenvalue weighted by Gasteiger charge is 2.26. The van der Waals surface area contributed by atoms with Gasteiger partial charge in [-0.2, -0.15) is 0 Å². The van der Waals surface area contributed by atoms with E-state index in [0.717, 1.165) is 13.1 Å². The Labute approximate surface area is 150 Å². The lowest BCUT2D eigenvalue weighted by molar-refractivity contribution is 0.0924. The van der Waals surface area contributed by atoms with Crippen LogP contribution in [0.5, 0.6) is 0 Å². The molecule has 0 unspecified atom stereocenters. The minimum Gasteiger partial charge on any atom is -0.349 e. The highest BCUT2D eigenvalue weighted by atomic mass is 32.2. The van der Waals surface area contributed by atoms with Gasteiger partial charge in [0.1, 0.15) is 0 Å². The van der Waals surface area contributed by atoms with Crippen molar-refractivity contribution in [2.45, 2.75) is 37.6 Å². The van der Waals surface area contributed by atoms with Crippen LogP contribution in [0.1, 0.15) is 47.5 Å². The van der Waals surface area contributed by atoms with E-state index in [1.165, 1.54) is 29.0 Å². The van der Waals surface area contributed by atoms with Crippen molar-refractivity contribution in [2.75, 3.05) is 32.4 Å². The molecular weight excluding hydrogens is 338 g/mol. The first-order valence-corrected chi connectivity index (χ1v) is 10.8. The maximum absolute atomic E-state index is 12.4. The maximum Gasteiger partial charge on any atom is 0.251 e. The number of rotatable bonds is 4. The van der Waals surface area contributed by atoms with Gasteiger partial charge in [-0.3, -0.25) is 4.79 Å². The number of hydrogen-bond acceptors (Lipinski definition) is 4. The van der Waals surface area contributed by atoms with E-state index >= 15 is 0 Å². The molecule has 1 aromatic carbocycles. The Hall–Kier alpha value is -1.44. The van der Waals surface area contributed by atoms with Crippen LogP contribution in [0, 0.1) is 0 Å². The average molecular weight is 365 g/mol. The molecule has 1 aromatic rings. The molecule has 2 fully saturated rings. The van der Waals surface area contributed by atoms with Gasteiger partial charge >= 0.3 is 0 Å². The van der Waals surface area contributed by atoms with Gasteiger partial charge in [0.25, 0.3) is 5.91 Å². The molecular formula is C18H27N3O3S. The first-order valence-electron chi connectivity index (χ1n) is 9.00. The van der Waals surface area contributed by atoms with E-state index in [-0.39, 0.29) is 11.9 Å². The van der Waals surface area contributed by atoms with Gasteiger partial charge in [-0.25, -0.2) is 12.7 Å². The SMILES string of the molecule is CS(=O)(=O)N1CCC(NC(=O)c2ccc([C@H]3CCCNC3)cc2)CC1. The van der Waals surface area contributed by atoms with E-state index in [2.05, 4.69) is 22.8 Å². The second-order valence-corrected chi connectivity index (χ2v) is 9.06. The van der Waals surface area contributed by atoms with Gasteiger partial charge < -0.3 is 10.6 Å². The van der Waals surface area contributed by atoms with Crippen LogP contribution in [0.3, 0.4) is 0 Å². The minimum atomic E-state index is -3.13. The van der Waals surface area contributed by atoms with Gasteiger partial charge in [-0.05, 0) is 55.8 Å². The van der Waals surface area contributed by atoms with Crippen LogP contribution in [0.15, 0.2) is 24.3 Å². The third-order valence-corrected chi connectivity index (χ3v) is 6.50. The summed E-state index contributed by atoms with van der Waals surface area (Å²) in [5.74, 6) is 0.456. The molecule has 2 heterocycles. The Morgan fingerprint density at radius 1 is 1.16 bits per heavy atom. The Kier molecular flexibility index (Phi) is 5.76. The largest absolute Gasteiger partial charge is 0.349 e. The summed E-state index contributed by atoms with van der Waals surface area (Å²) in [7, 11) is -3.13. The topological polar surface area (TPSA) is 78.5 Å². The van der Waals surface area contributed by atoms with Crippen LogP contribution >= 0.6 is 0 Å². The summed E-state index contributed by atoms with van der Waals surface area (Å²) in [6, 6.07) is 7.93. The highest BCUT2D eigenvalue weighted by molar-refractivity contribution is 7.88. The Balaban J connectivity index is 1.53. The molecule has 0 aliphatic carbocycles. The second-order valence-electron chi connectivity index (χ2n) is 7.08. The van der Waals surface area contributed by atoms with E-state index < -0.39 is 10.0 Å². The monoisotopic (exact) mass is 365 g/mol. The van der Waals surface area contributed by atoms with Gasteiger partial charge in [0.05, 0.1) is 6.26 Å². The number of benzene rings is 1. The van der Waals surface area contributed by atoms with Crippen LogP contribution in [0.25, 0.3) is 0 Å². The number of carbonyl (C=O) groups is 1. The van der Waals surface area contributed by atoms with Crippen LogP contribution in [0.2, 0.25) is 0 Å². The lowest BCUT2D eigenvalue weighted by Crippen LogP contribution is -2.46. The van der Waals surface area contributed by atoms with Crippen molar-refractivity contribution in [2.24, 2.45) is 0 Å². The van der Waals surface area contributed by atoms with Crippen LogP contribution < -0.4 is 10.6 Å². The van der Waals surface area contributed by atoms with E-state index in [1.807, 2.05) is 12.1 Å². The number of amides is 1. The van der Waals surface area contributed by atoms with Crippen molar-refractivity contribution in [3.05, 3.63) is 35.4 Å². The summed E-state index contributed by atoms with van der Waals surface area (Å²) in [6.07, 6.45) is 4.93. The molecule has 0 spiro atoms. The highest BCUT2D eigenvalue weighted by Crippen LogP contribution is 2.23. The van der Waals surface area contributed by atoms with E-state index in [9.17, 15) is 13.2 Å². The van der Waals surface area contributed by atoms with Crippen molar-refractivity contribution >= 4 is 15.9 Å². The third-order valence-electron chi connectivity index (χ3n) is 5.20. The van der Waals surface area contributed by atoms with Crippen molar-refractivity contribution in [1.29, 1.82) is 0 Å². The van der Waals surface area contributed by atoms with Crippen LogP contribution in [-0.2, 0) is 10.0 Å². The number of nitrogens with zero attached hydrogens (tertiary/aromatic N) is 1. The normalized spacial score (nSPS) is 23.3. The van der Waals surface area contributed by atoms with Gasteiger partial charge in [0.15, 0.2) is 0 Å². The van der Waals surface area contributed by atoms with Gasteiger partial charge in [-0.1, -0.05) is 12.1 Å². The quantitative estimate of drug-likeness (QED) is 0.843. The molecule has 2 N–H and O–H groups in total. The predicted octanol–water partition coefficient (Wildman–Crippen LogP) is 1.31. The fraction of sp³-hybridized carbons (Fsp3) is 0.611. The first kappa shape index (κ1) is 18.4. The van der Waals surface area contributed by atoms with Crippen LogP contribution in [-0.4, -0.2) is 57.1 Å².